The van der Waals surface area contributed by atoms with Crippen LogP contribution in [-0.2, 0) is 12.8 Å². The Bertz CT molecular complexity index is 891. The predicted octanol–water partition coefficient (Wildman–Crippen LogP) is 8.20. The number of allylic oxidation sites excluding steroid dienone is 1. The minimum Gasteiger partial charge on any atom is -0.0981 e. The van der Waals surface area contributed by atoms with Gasteiger partial charge in [-0.05, 0) is 120 Å². The molecular formula is C25H29IS. The third kappa shape index (κ3) is 5.08. The Hall–Kier alpha value is -1.00. The van der Waals surface area contributed by atoms with Crippen molar-refractivity contribution >= 4 is 39.3 Å². The molecule has 0 saturated heterocycles. The second-order valence-corrected chi connectivity index (χ2v) is 10.0. The first kappa shape index (κ1) is 20.7. The van der Waals surface area contributed by atoms with Gasteiger partial charge < -0.3 is 0 Å². The molecule has 2 aromatic carbocycles. The number of benzene rings is 2. The third-order valence-corrected chi connectivity index (χ3v) is 7.77. The highest BCUT2D eigenvalue weighted by Crippen LogP contribution is 2.35. The van der Waals surface area contributed by atoms with Crippen LogP contribution < -0.4 is 0 Å². The summed E-state index contributed by atoms with van der Waals surface area (Å²) in [5.74, 6) is 0.700. The first-order valence-corrected chi connectivity index (χ1v) is 11.7. The monoisotopic (exact) mass is 488 g/mol. The zero-order valence-electron chi connectivity index (χ0n) is 16.9. The smallest absolute Gasteiger partial charge is 0.0162 e. The fourth-order valence-corrected chi connectivity index (χ4v) is 5.16. The lowest BCUT2D eigenvalue weighted by Crippen LogP contribution is -2.07. The first-order chi connectivity index (χ1) is 12.8. The zero-order valence-corrected chi connectivity index (χ0v) is 19.8. The number of hydrogen-bond acceptors (Lipinski definition) is 1. The van der Waals surface area contributed by atoms with Crippen LogP contribution in [0.25, 0.3) is 4.91 Å². The molecule has 2 heteroatoms. The first-order valence-electron chi connectivity index (χ1n) is 9.75. The van der Waals surface area contributed by atoms with E-state index in [2.05, 4.69) is 92.6 Å². The molecule has 0 nitrogen and oxygen atoms in total. The van der Waals surface area contributed by atoms with E-state index in [4.69, 9.17) is 0 Å². The van der Waals surface area contributed by atoms with Gasteiger partial charge in [0.05, 0.1) is 0 Å². The van der Waals surface area contributed by atoms with Crippen molar-refractivity contribution in [2.24, 2.45) is 0 Å². The normalized spacial score (nSPS) is 16.9. The molecule has 0 aromatic heterocycles. The van der Waals surface area contributed by atoms with Gasteiger partial charge in [0.2, 0.25) is 0 Å². The number of thioether (sulfide) groups is 1. The van der Waals surface area contributed by atoms with Crippen molar-refractivity contribution in [3.05, 3.63) is 84.8 Å². The van der Waals surface area contributed by atoms with Crippen LogP contribution in [0.1, 0.15) is 66.0 Å². The van der Waals surface area contributed by atoms with Gasteiger partial charge in [0.15, 0.2) is 0 Å². The van der Waals surface area contributed by atoms with Crippen molar-refractivity contribution in [2.45, 2.75) is 59.3 Å². The summed E-state index contributed by atoms with van der Waals surface area (Å²) in [6.45, 7) is 13.3. The molecule has 1 aliphatic rings. The van der Waals surface area contributed by atoms with Crippen LogP contribution in [0, 0.1) is 17.4 Å². The van der Waals surface area contributed by atoms with Gasteiger partial charge in [0.1, 0.15) is 0 Å². The maximum absolute atomic E-state index is 4.33. The average molecular weight is 488 g/mol. The maximum atomic E-state index is 4.33. The van der Waals surface area contributed by atoms with Gasteiger partial charge >= 0.3 is 0 Å². The standard InChI is InChI=1S/C25H29IS/c1-16(11-23-12-19(4)25(26)13-18(23)3)15-27-20(5)21-9-10-24-17(2)7-6-8-22(24)14-21/h9-10,12-15,17H,5-8,11H2,1-4H3/b16-15+/t17-/m0/s1. The number of halogens is 1. The zero-order chi connectivity index (χ0) is 19.6. The fourth-order valence-electron chi connectivity index (χ4n) is 3.84. The van der Waals surface area contributed by atoms with Crippen molar-refractivity contribution in [1.29, 1.82) is 0 Å². The van der Waals surface area contributed by atoms with Crippen LogP contribution in [0.15, 0.2) is 47.9 Å². The van der Waals surface area contributed by atoms with E-state index >= 15 is 0 Å². The molecule has 0 unspecified atom stereocenters. The van der Waals surface area contributed by atoms with Gasteiger partial charge in [-0.15, -0.1) is 0 Å². The molecule has 0 amide bonds. The van der Waals surface area contributed by atoms with E-state index in [1.54, 1.807) is 17.3 Å². The van der Waals surface area contributed by atoms with Gasteiger partial charge in [0.25, 0.3) is 0 Å². The van der Waals surface area contributed by atoms with Crippen LogP contribution in [0.3, 0.4) is 0 Å². The number of hydrogen-bond donors (Lipinski definition) is 0. The summed E-state index contributed by atoms with van der Waals surface area (Å²) in [5.41, 5.74) is 9.90. The van der Waals surface area contributed by atoms with E-state index in [-0.39, 0.29) is 0 Å². The van der Waals surface area contributed by atoms with E-state index in [0.717, 1.165) is 11.3 Å². The Morgan fingerprint density at radius 1 is 1.22 bits per heavy atom. The lowest BCUT2D eigenvalue weighted by atomic mass is 9.83. The number of fused-ring (bicyclic) bond motifs is 1. The molecule has 2 aromatic rings. The summed E-state index contributed by atoms with van der Waals surface area (Å²) in [4.78, 5) is 1.14. The van der Waals surface area contributed by atoms with E-state index in [0.29, 0.717) is 5.92 Å². The highest BCUT2D eigenvalue weighted by molar-refractivity contribution is 14.1. The number of aryl methyl sites for hydroxylation is 3. The van der Waals surface area contributed by atoms with Gasteiger partial charge in [-0.2, -0.15) is 0 Å². The van der Waals surface area contributed by atoms with Gasteiger partial charge in [0, 0.05) is 8.48 Å². The summed E-state index contributed by atoms with van der Waals surface area (Å²) >= 11 is 4.18. The molecule has 0 radical (unpaired) electrons. The second kappa shape index (κ2) is 9.00. The Balaban J connectivity index is 1.68. The molecule has 3 rings (SSSR count). The SMILES string of the molecule is C=C(S/C=C(\C)Cc1cc(C)c(I)cc1C)c1ccc2c(c1)CCC[C@@H]2C. The Morgan fingerprint density at radius 2 is 2.00 bits per heavy atom. The average Bonchev–Trinajstić information content (AvgIpc) is 2.64. The Kier molecular flexibility index (Phi) is 6.91. The summed E-state index contributed by atoms with van der Waals surface area (Å²) < 4.78 is 1.35. The molecule has 0 spiro atoms. The summed E-state index contributed by atoms with van der Waals surface area (Å²) in [6.07, 6.45) is 4.85. The second-order valence-electron chi connectivity index (χ2n) is 7.92. The van der Waals surface area contributed by atoms with Crippen molar-refractivity contribution in [3.63, 3.8) is 0 Å². The quantitative estimate of drug-likeness (QED) is 0.382. The molecule has 0 bridgehead atoms. The van der Waals surface area contributed by atoms with Gasteiger partial charge in [-0.25, -0.2) is 0 Å². The Morgan fingerprint density at radius 3 is 2.78 bits per heavy atom. The van der Waals surface area contributed by atoms with Crippen molar-refractivity contribution in [3.8, 4) is 0 Å². The van der Waals surface area contributed by atoms with Crippen LogP contribution in [-0.4, -0.2) is 0 Å². The van der Waals surface area contributed by atoms with Crippen LogP contribution >= 0.6 is 34.4 Å². The van der Waals surface area contributed by atoms with Crippen LogP contribution in [0.4, 0.5) is 0 Å². The largest absolute Gasteiger partial charge is 0.0981 e. The highest BCUT2D eigenvalue weighted by atomic mass is 127. The molecule has 0 heterocycles. The lowest BCUT2D eigenvalue weighted by molar-refractivity contribution is 0.590. The van der Waals surface area contributed by atoms with E-state index in [9.17, 15) is 0 Å². The lowest BCUT2D eigenvalue weighted by Gasteiger charge is -2.23. The van der Waals surface area contributed by atoms with Crippen LogP contribution in [0.5, 0.6) is 0 Å². The molecule has 1 aliphatic carbocycles. The molecule has 0 N–H and O–H groups in total. The minimum absolute atomic E-state index is 0.700. The fraction of sp³-hybridized carbons (Fsp3) is 0.360. The van der Waals surface area contributed by atoms with Gasteiger partial charge in [-0.3, -0.25) is 0 Å². The molecule has 0 aliphatic heterocycles. The molecule has 27 heavy (non-hydrogen) atoms. The highest BCUT2D eigenvalue weighted by Gasteiger charge is 2.16. The predicted molar refractivity (Wildman–Crippen MR) is 131 cm³/mol. The molecular weight excluding hydrogens is 459 g/mol. The Labute approximate surface area is 182 Å². The van der Waals surface area contributed by atoms with Crippen LogP contribution in [0.2, 0.25) is 0 Å². The maximum Gasteiger partial charge on any atom is 0.0162 e. The summed E-state index contributed by atoms with van der Waals surface area (Å²) in [5, 5.41) is 2.27. The molecule has 1 atom stereocenters. The summed E-state index contributed by atoms with van der Waals surface area (Å²) in [6, 6.07) is 11.6. The topological polar surface area (TPSA) is 0 Å². The van der Waals surface area contributed by atoms with Crippen molar-refractivity contribution in [2.75, 3.05) is 0 Å². The molecule has 0 saturated carbocycles. The van der Waals surface area contributed by atoms with E-state index < -0.39 is 0 Å². The van der Waals surface area contributed by atoms with Crippen molar-refractivity contribution < 1.29 is 0 Å². The number of rotatable bonds is 5. The van der Waals surface area contributed by atoms with Crippen molar-refractivity contribution in [1.82, 2.24) is 0 Å². The van der Waals surface area contributed by atoms with Gasteiger partial charge in [-0.1, -0.05) is 55.1 Å². The summed E-state index contributed by atoms with van der Waals surface area (Å²) in [7, 11) is 0. The third-order valence-electron chi connectivity index (χ3n) is 5.57. The minimum atomic E-state index is 0.700. The van der Waals surface area contributed by atoms with E-state index in [1.165, 1.54) is 56.2 Å². The molecule has 0 fully saturated rings. The van der Waals surface area contributed by atoms with E-state index in [1.807, 2.05) is 0 Å². The molecule has 142 valence electrons.